The van der Waals surface area contributed by atoms with Crippen molar-refractivity contribution in [3.05, 3.63) is 47.7 Å². The summed E-state index contributed by atoms with van der Waals surface area (Å²) in [6.45, 7) is 0.702. The van der Waals surface area contributed by atoms with E-state index in [0.29, 0.717) is 30.2 Å². The van der Waals surface area contributed by atoms with E-state index in [4.69, 9.17) is 9.47 Å². The van der Waals surface area contributed by atoms with Crippen LogP contribution in [-0.4, -0.2) is 28.9 Å². The van der Waals surface area contributed by atoms with Crippen LogP contribution in [0.4, 0.5) is 10.5 Å². The van der Waals surface area contributed by atoms with Gasteiger partial charge in [-0.3, -0.25) is 0 Å². The molecule has 0 aliphatic carbocycles. The molecular formula is C18H18N4O3S. The van der Waals surface area contributed by atoms with Gasteiger partial charge in [0.25, 0.3) is 0 Å². The summed E-state index contributed by atoms with van der Waals surface area (Å²) in [5.41, 5.74) is 1.62. The molecule has 26 heavy (non-hydrogen) atoms. The van der Waals surface area contributed by atoms with Gasteiger partial charge in [0.1, 0.15) is 5.82 Å². The largest absolute Gasteiger partial charge is 0.454 e. The topological polar surface area (TPSA) is 77.4 Å². The number of nitrogens with zero attached hydrogens (tertiary/aromatic N) is 2. The Labute approximate surface area is 154 Å². The summed E-state index contributed by atoms with van der Waals surface area (Å²) >= 11 is 1.66. The van der Waals surface area contributed by atoms with Crippen molar-refractivity contribution in [2.45, 2.75) is 6.42 Å². The second-order valence-electron chi connectivity index (χ2n) is 5.83. The van der Waals surface area contributed by atoms with Crippen LogP contribution in [0.5, 0.6) is 11.5 Å². The fourth-order valence-corrected chi connectivity index (χ4v) is 3.40. The number of carbonyl (C=O) groups excluding carboxylic acids is 1. The smallest absolute Gasteiger partial charge is 0.319 e. The van der Waals surface area contributed by atoms with Crippen molar-refractivity contribution in [1.29, 1.82) is 0 Å². The lowest BCUT2D eigenvalue weighted by molar-refractivity contribution is 0.174. The zero-order valence-corrected chi connectivity index (χ0v) is 15.0. The molecule has 2 amide bonds. The fraction of sp³-hybridized carbons (Fsp3) is 0.222. The number of hydrogen-bond donors (Lipinski definition) is 2. The van der Waals surface area contributed by atoms with Gasteiger partial charge in [-0.25, -0.2) is 9.78 Å². The van der Waals surface area contributed by atoms with E-state index in [1.54, 1.807) is 29.5 Å². The molecule has 4 rings (SSSR count). The zero-order chi connectivity index (χ0) is 17.9. The van der Waals surface area contributed by atoms with E-state index < -0.39 is 0 Å². The Morgan fingerprint density at radius 2 is 2.19 bits per heavy atom. The number of nitrogens with one attached hydrogen (secondary N) is 2. The van der Waals surface area contributed by atoms with Crippen molar-refractivity contribution in [2.24, 2.45) is 7.05 Å². The van der Waals surface area contributed by atoms with Gasteiger partial charge < -0.3 is 24.7 Å². The first-order chi connectivity index (χ1) is 12.7. The van der Waals surface area contributed by atoms with Crippen molar-refractivity contribution < 1.29 is 14.3 Å². The average molecular weight is 370 g/mol. The van der Waals surface area contributed by atoms with Crippen LogP contribution in [0.1, 0.15) is 5.82 Å². The van der Waals surface area contributed by atoms with Gasteiger partial charge in [0.2, 0.25) is 6.79 Å². The van der Waals surface area contributed by atoms with E-state index >= 15 is 0 Å². The minimum absolute atomic E-state index is 0.210. The first-order valence-electron chi connectivity index (χ1n) is 8.19. The number of aryl methyl sites for hydroxylation is 1. The van der Waals surface area contributed by atoms with Gasteiger partial charge in [-0.1, -0.05) is 6.07 Å². The standard InChI is InChI=1S/C18H18N4O3S/c1-22-10-13(16-3-2-8-26-16)21-17(22)6-7-19-18(23)20-12-4-5-14-15(9-12)25-11-24-14/h2-5,8-10H,6-7,11H2,1H3,(H2,19,20,23). The number of hydrogen-bond acceptors (Lipinski definition) is 5. The highest BCUT2D eigenvalue weighted by Crippen LogP contribution is 2.34. The van der Waals surface area contributed by atoms with Gasteiger partial charge in [0.05, 0.1) is 10.6 Å². The maximum atomic E-state index is 12.1. The van der Waals surface area contributed by atoms with Gasteiger partial charge in [-0.2, -0.15) is 0 Å². The molecule has 8 heteroatoms. The normalized spacial score (nSPS) is 12.2. The number of aromatic nitrogens is 2. The molecule has 1 aliphatic heterocycles. The highest BCUT2D eigenvalue weighted by Gasteiger charge is 2.14. The summed E-state index contributed by atoms with van der Waals surface area (Å²) in [5, 5.41) is 7.67. The number of imidazole rings is 1. The number of ether oxygens (including phenoxy) is 2. The van der Waals surface area contributed by atoms with E-state index in [0.717, 1.165) is 16.4 Å². The highest BCUT2D eigenvalue weighted by atomic mass is 32.1. The predicted molar refractivity (Wildman–Crippen MR) is 99.8 cm³/mol. The Hall–Kier alpha value is -3.00. The third-order valence-electron chi connectivity index (χ3n) is 4.01. The van der Waals surface area contributed by atoms with Crippen molar-refractivity contribution in [2.75, 3.05) is 18.7 Å². The molecule has 2 aromatic heterocycles. The van der Waals surface area contributed by atoms with Crippen LogP contribution >= 0.6 is 11.3 Å². The molecule has 0 bridgehead atoms. The Bertz CT molecular complexity index is 921. The van der Waals surface area contributed by atoms with Gasteiger partial charge in [0, 0.05) is 38.0 Å². The number of anilines is 1. The maximum Gasteiger partial charge on any atom is 0.319 e. The Morgan fingerprint density at radius 1 is 1.31 bits per heavy atom. The second-order valence-corrected chi connectivity index (χ2v) is 6.78. The molecule has 1 aromatic carbocycles. The number of urea groups is 1. The summed E-state index contributed by atoms with van der Waals surface area (Å²) in [6, 6.07) is 9.09. The van der Waals surface area contributed by atoms with E-state index in [9.17, 15) is 4.79 Å². The molecule has 7 nitrogen and oxygen atoms in total. The summed E-state index contributed by atoms with van der Waals surface area (Å²) < 4.78 is 12.5. The number of rotatable bonds is 5. The number of carbonyl (C=O) groups is 1. The summed E-state index contributed by atoms with van der Waals surface area (Å²) in [6.07, 6.45) is 2.66. The SMILES string of the molecule is Cn1cc(-c2cccs2)nc1CCNC(=O)Nc1ccc2c(c1)OCO2. The van der Waals surface area contributed by atoms with Gasteiger partial charge in [-0.05, 0) is 23.6 Å². The third-order valence-corrected chi connectivity index (χ3v) is 4.90. The van der Waals surface area contributed by atoms with Crippen LogP contribution in [-0.2, 0) is 13.5 Å². The lowest BCUT2D eigenvalue weighted by Gasteiger charge is -2.08. The molecule has 0 fully saturated rings. The Morgan fingerprint density at radius 3 is 3.04 bits per heavy atom. The van der Waals surface area contributed by atoms with Gasteiger partial charge in [-0.15, -0.1) is 11.3 Å². The molecule has 1 aliphatic rings. The number of fused-ring (bicyclic) bond motifs is 1. The van der Waals surface area contributed by atoms with Crippen molar-refractivity contribution in [1.82, 2.24) is 14.9 Å². The van der Waals surface area contributed by atoms with Crippen LogP contribution in [0.2, 0.25) is 0 Å². The van der Waals surface area contributed by atoms with Crippen molar-refractivity contribution >= 4 is 23.1 Å². The molecule has 0 atom stereocenters. The summed E-state index contributed by atoms with van der Waals surface area (Å²) in [7, 11) is 1.96. The first kappa shape index (κ1) is 16.5. The molecule has 134 valence electrons. The van der Waals surface area contributed by atoms with Crippen molar-refractivity contribution in [3.8, 4) is 22.1 Å². The zero-order valence-electron chi connectivity index (χ0n) is 14.2. The monoisotopic (exact) mass is 370 g/mol. The second kappa shape index (κ2) is 7.09. The minimum atomic E-state index is -0.267. The molecule has 0 unspecified atom stereocenters. The molecule has 0 spiro atoms. The first-order valence-corrected chi connectivity index (χ1v) is 9.07. The predicted octanol–water partition coefficient (Wildman–Crippen LogP) is 3.24. The Kier molecular flexibility index (Phi) is 4.49. The number of thiophene rings is 1. The molecule has 0 saturated heterocycles. The van der Waals surface area contributed by atoms with Crippen molar-refractivity contribution in [3.63, 3.8) is 0 Å². The molecule has 3 aromatic rings. The quantitative estimate of drug-likeness (QED) is 0.723. The summed E-state index contributed by atoms with van der Waals surface area (Å²) in [4.78, 5) is 17.8. The van der Waals surface area contributed by atoms with E-state index in [-0.39, 0.29) is 12.8 Å². The van der Waals surface area contributed by atoms with Gasteiger partial charge in [0.15, 0.2) is 11.5 Å². The average Bonchev–Trinajstić information content (AvgIpc) is 3.35. The highest BCUT2D eigenvalue weighted by molar-refractivity contribution is 7.13. The summed E-state index contributed by atoms with van der Waals surface area (Å²) in [5.74, 6) is 2.25. The van der Waals surface area contributed by atoms with E-state index in [1.807, 2.05) is 35.3 Å². The molecule has 3 heterocycles. The fourth-order valence-electron chi connectivity index (χ4n) is 2.72. The lowest BCUT2D eigenvalue weighted by Crippen LogP contribution is -2.30. The van der Waals surface area contributed by atoms with Gasteiger partial charge >= 0.3 is 6.03 Å². The van der Waals surface area contributed by atoms with Crippen LogP contribution in [0.15, 0.2) is 41.9 Å². The van der Waals surface area contributed by atoms with Crippen LogP contribution in [0, 0.1) is 0 Å². The number of amides is 2. The van der Waals surface area contributed by atoms with Crippen LogP contribution in [0.3, 0.4) is 0 Å². The van der Waals surface area contributed by atoms with Crippen LogP contribution < -0.4 is 20.1 Å². The van der Waals surface area contributed by atoms with E-state index in [2.05, 4.69) is 15.6 Å². The third kappa shape index (κ3) is 3.50. The maximum absolute atomic E-state index is 12.1. The molecule has 0 saturated carbocycles. The number of benzene rings is 1. The molecule has 2 N–H and O–H groups in total. The van der Waals surface area contributed by atoms with Crippen LogP contribution in [0.25, 0.3) is 10.6 Å². The molecular weight excluding hydrogens is 352 g/mol. The van der Waals surface area contributed by atoms with E-state index in [1.165, 1.54) is 0 Å². The molecule has 0 radical (unpaired) electrons. The lowest BCUT2D eigenvalue weighted by atomic mass is 10.3. The Balaban J connectivity index is 1.30. The minimum Gasteiger partial charge on any atom is -0.454 e.